The number of carbonyl (C=O) groups excluding carboxylic acids is 2. The molecule has 9 heteroatoms. The Hall–Kier alpha value is -3.75. The van der Waals surface area contributed by atoms with Gasteiger partial charge >= 0.3 is 0 Å². The number of halogens is 1. The molecule has 0 bridgehead atoms. The first-order valence-electron chi connectivity index (χ1n) is 10.3. The summed E-state index contributed by atoms with van der Waals surface area (Å²) in [6, 6.07) is 19.7. The molecule has 3 atom stereocenters. The van der Waals surface area contributed by atoms with Gasteiger partial charge in [-0.15, -0.1) is 0 Å². The van der Waals surface area contributed by atoms with Crippen LogP contribution in [0, 0.1) is 23.0 Å². The number of para-hydroxylation sites is 1. The number of hydrogen-bond donors (Lipinski definition) is 0. The van der Waals surface area contributed by atoms with Crippen LogP contribution in [0.3, 0.4) is 0 Å². The molecular weight excluding hydrogens is 446 g/mol. The number of anilines is 2. The molecule has 8 nitrogen and oxygen atoms in total. The second-order valence-electron chi connectivity index (χ2n) is 7.97. The van der Waals surface area contributed by atoms with Gasteiger partial charge in [-0.3, -0.25) is 24.5 Å². The molecule has 0 N–H and O–H groups in total. The van der Waals surface area contributed by atoms with Crippen molar-refractivity contribution >= 4 is 40.5 Å². The first-order chi connectivity index (χ1) is 15.9. The zero-order valence-electron chi connectivity index (χ0n) is 17.4. The summed E-state index contributed by atoms with van der Waals surface area (Å²) in [5.41, 5.74) is 2.25. The van der Waals surface area contributed by atoms with E-state index in [1.54, 1.807) is 42.5 Å². The molecule has 0 spiro atoms. The predicted molar refractivity (Wildman–Crippen MR) is 122 cm³/mol. The Morgan fingerprint density at radius 1 is 0.939 bits per heavy atom. The van der Waals surface area contributed by atoms with E-state index in [9.17, 15) is 19.7 Å². The lowest BCUT2D eigenvalue weighted by molar-refractivity contribution is -0.384. The molecule has 2 aliphatic rings. The highest BCUT2D eigenvalue weighted by Gasteiger charge is 2.60. The minimum absolute atomic E-state index is 0.0133. The fourth-order valence-electron chi connectivity index (χ4n) is 4.35. The highest BCUT2D eigenvalue weighted by Crippen LogP contribution is 2.48. The molecule has 166 valence electrons. The Morgan fingerprint density at radius 2 is 1.64 bits per heavy atom. The van der Waals surface area contributed by atoms with Gasteiger partial charge in [-0.1, -0.05) is 53.6 Å². The number of amides is 2. The summed E-state index contributed by atoms with van der Waals surface area (Å²) in [5, 5.41) is 13.0. The number of hydroxylamine groups is 1. The van der Waals surface area contributed by atoms with Crippen LogP contribution in [0.5, 0.6) is 0 Å². The van der Waals surface area contributed by atoms with Crippen molar-refractivity contribution < 1.29 is 19.3 Å². The second kappa shape index (κ2) is 7.99. The van der Waals surface area contributed by atoms with Crippen molar-refractivity contribution in [1.29, 1.82) is 0 Å². The number of rotatable bonds is 4. The molecule has 0 saturated carbocycles. The van der Waals surface area contributed by atoms with Gasteiger partial charge in [-0.2, -0.15) is 0 Å². The van der Waals surface area contributed by atoms with Crippen LogP contribution < -0.4 is 9.96 Å². The van der Waals surface area contributed by atoms with E-state index in [-0.39, 0.29) is 10.7 Å². The lowest BCUT2D eigenvalue weighted by Crippen LogP contribution is -2.37. The normalized spacial score (nSPS) is 22.1. The largest absolute Gasteiger partial charge is 0.288 e. The molecule has 0 aliphatic carbocycles. The maximum absolute atomic E-state index is 13.6. The number of nitro groups is 1. The van der Waals surface area contributed by atoms with Gasteiger partial charge in [0.05, 0.1) is 22.3 Å². The Balaban J connectivity index is 1.61. The molecule has 0 radical (unpaired) electrons. The van der Waals surface area contributed by atoms with E-state index in [0.29, 0.717) is 16.9 Å². The van der Waals surface area contributed by atoms with Crippen molar-refractivity contribution in [3.8, 4) is 0 Å². The number of benzene rings is 3. The quantitative estimate of drug-likeness (QED) is 0.319. The number of imide groups is 1. The molecule has 2 heterocycles. The van der Waals surface area contributed by atoms with Crippen LogP contribution in [-0.2, 0) is 14.4 Å². The minimum atomic E-state index is -1.06. The van der Waals surface area contributed by atoms with Crippen molar-refractivity contribution in [3.63, 3.8) is 0 Å². The minimum Gasteiger partial charge on any atom is -0.273 e. The monoisotopic (exact) mass is 463 g/mol. The van der Waals surface area contributed by atoms with Crippen molar-refractivity contribution in [2.75, 3.05) is 9.96 Å². The number of fused-ring (bicyclic) bond motifs is 1. The van der Waals surface area contributed by atoms with Crippen molar-refractivity contribution in [2.45, 2.75) is 19.1 Å². The lowest BCUT2D eigenvalue weighted by atomic mass is 9.90. The zero-order valence-corrected chi connectivity index (χ0v) is 18.2. The summed E-state index contributed by atoms with van der Waals surface area (Å²) in [6.07, 6.45) is -1.06. The third kappa shape index (κ3) is 3.44. The third-order valence-electron chi connectivity index (χ3n) is 5.93. The van der Waals surface area contributed by atoms with E-state index in [0.717, 1.165) is 10.5 Å². The number of hydrogen-bond acceptors (Lipinski definition) is 6. The fourth-order valence-corrected chi connectivity index (χ4v) is 4.54. The Labute approximate surface area is 194 Å². The van der Waals surface area contributed by atoms with Gasteiger partial charge in [0.25, 0.3) is 11.6 Å². The van der Waals surface area contributed by atoms with Gasteiger partial charge < -0.3 is 0 Å². The van der Waals surface area contributed by atoms with Crippen molar-refractivity contribution in [3.05, 3.63) is 99.1 Å². The first kappa shape index (κ1) is 21.1. The van der Waals surface area contributed by atoms with Gasteiger partial charge in [-0.05, 0) is 42.8 Å². The summed E-state index contributed by atoms with van der Waals surface area (Å²) in [7, 11) is 0. The van der Waals surface area contributed by atoms with Gasteiger partial charge in [-0.25, -0.2) is 9.96 Å². The standard InChI is InChI=1S/C24H18ClN3O5/c1-14-7-10-16(11-8-14)26-23(29)20-21(15-9-12-18(25)19(13-15)28(31)32)27(33-22(20)24(26)30)17-5-3-2-4-6-17/h2-13,20-22H,1H3. The summed E-state index contributed by atoms with van der Waals surface area (Å²) in [6.45, 7) is 1.91. The van der Waals surface area contributed by atoms with Crippen LogP contribution >= 0.6 is 11.6 Å². The van der Waals surface area contributed by atoms with Crippen LogP contribution in [0.1, 0.15) is 17.2 Å². The van der Waals surface area contributed by atoms with E-state index in [1.807, 2.05) is 25.1 Å². The molecule has 3 aromatic carbocycles. The third-order valence-corrected chi connectivity index (χ3v) is 6.25. The van der Waals surface area contributed by atoms with E-state index in [1.165, 1.54) is 17.2 Å². The average molecular weight is 464 g/mol. The summed E-state index contributed by atoms with van der Waals surface area (Å²) in [5.74, 6) is -1.78. The Morgan fingerprint density at radius 3 is 2.30 bits per heavy atom. The van der Waals surface area contributed by atoms with Gasteiger partial charge in [0.2, 0.25) is 5.91 Å². The number of nitro benzene ring substituents is 1. The highest BCUT2D eigenvalue weighted by atomic mass is 35.5. The molecule has 2 aliphatic heterocycles. The lowest BCUT2D eigenvalue weighted by Gasteiger charge is -2.28. The van der Waals surface area contributed by atoms with Crippen molar-refractivity contribution in [1.82, 2.24) is 0 Å². The number of nitrogens with zero attached hydrogens (tertiary/aromatic N) is 3. The molecule has 2 saturated heterocycles. The maximum atomic E-state index is 13.6. The van der Waals surface area contributed by atoms with Crippen molar-refractivity contribution in [2.24, 2.45) is 5.92 Å². The van der Waals surface area contributed by atoms with E-state index >= 15 is 0 Å². The molecule has 33 heavy (non-hydrogen) atoms. The van der Waals surface area contributed by atoms with Gasteiger partial charge in [0.1, 0.15) is 10.9 Å². The highest BCUT2D eigenvalue weighted by molar-refractivity contribution is 6.32. The SMILES string of the molecule is Cc1ccc(N2C(=O)C3ON(c4ccccc4)C(c4ccc(Cl)c([N+](=O)[O-])c4)C3C2=O)cc1. The Kier molecular flexibility index (Phi) is 5.11. The number of aryl methyl sites for hydroxylation is 1. The average Bonchev–Trinajstić information content (AvgIpc) is 3.31. The van der Waals surface area contributed by atoms with Crippen LogP contribution in [-0.4, -0.2) is 22.8 Å². The van der Waals surface area contributed by atoms with Gasteiger partial charge in [0.15, 0.2) is 6.10 Å². The molecule has 5 rings (SSSR count). The van der Waals surface area contributed by atoms with Crippen LogP contribution in [0.15, 0.2) is 72.8 Å². The summed E-state index contributed by atoms with van der Waals surface area (Å²) < 4.78 is 0. The van der Waals surface area contributed by atoms with Gasteiger partial charge in [0, 0.05) is 6.07 Å². The van der Waals surface area contributed by atoms with E-state index in [2.05, 4.69) is 0 Å². The second-order valence-corrected chi connectivity index (χ2v) is 8.38. The smallest absolute Gasteiger partial charge is 0.273 e. The molecular formula is C24H18ClN3O5. The van der Waals surface area contributed by atoms with E-state index < -0.39 is 34.8 Å². The van der Waals surface area contributed by atoms with E-state index in [4.69, 9.17) is 16.4 Å². The predicted octanol–water partition coefficient (Wildman–Crippen LogP) is 4.61. The van der Waals surface area contributed by atoms with Crippen LogP contribution in [0.25, 0.3) is 0 Å². The van der Waals surface area contributed by atoms with Crippen LogP contribution in [0.2, 0.25) is 5.02 Å². The molecule has 0 aromatic heterocycles. The Bertz CT molecular complexity index is 1260. The molecule has 3 aromatic rings. The summed E-state index contributed by atoms with van der Waals surface area (Å²) in [4.78, 5) is 45.0. The van der Waals surface area contributed by atoms with Crippen LogP contribution in [0.4, 0.5) is 17.1 Å². The molecule has 3 unspecified atom stereocenters. The molecule has 2 fully saturated rings. The first-order valence-corrected chi connectivity index (χ1v) is 10.6. The topological polar surface area (TPSA) is 93.0 Å². The summed E-state index contributed by atoms with van der Waals surface area (Å²) >= 11 is 6.01. The number of carbonyl (C=O) groups is 2. The fraction of sp³-hybridized carbons (Fsp3) is 0.167. The maximum Gasteiger partial charge on any atom is 0.288 e. The molecule has 2 amide bonds. The zero-order chi connectivity index (χ0) is 23.3.